The predicted octanol–water partition coefficient (Wildman–Crippen LogP) is 2.87. The largest absolute Gasteiger partial charge is 0.311 e. The summed E-state index contributed by atoms with van der Waals surface area (Å²) in [5, 5.41) is 13.0. The summed E-state index contributed by atoms with van der Waals surface area (Å²) >= 11 is 5.91. The fraction of sp³-hybridized carbons (Fsp3) is 0.333. The SMILES string of the molecule is N#Cc1ccc(Cl)cc1N1CC(CN=[N+]=[N-])CC1=O. The average Bonchev–Trinajstić information content (AvgIpc) is 2.77. The van der Waals surface area contributed by atoms with Crippen molar-refractivity contribution in [2.45, 2.75) is 6.42 Å². The van der Waals surface area contributed by atoms with E-state index in [-0.39, 0.29) is 18.4 Å². The van der Waals surface area contributed by atoms with Crippen LogP contribution in [0.2, 0.25) is 5.02 Å². The molecule has 2 rings (SSSR count). The van der Waals surface area contributed by atoms with Gasteiger partial charge in [0, 0.05) is 29.4 Å². The maximum atomic E-state index is 12.0. The molecule has 1 heterocycles. The Balaban J connectivity index is 2.28. The summed E-state index contributed by atoms with van der Waals surface area (Å²) in [6.45, 7) is 0.716. The second-order valence-corrected chi connectivity index (χ2v) is 4.70. The molecular formula is C12H10ClN5O. The molecule has 0 spiro atoms. The summed E-state index contributed by atoms with van der Waals surface area (Å²) in [6, 6.07) is 6.85. The molecule has 0 aliphatic carbocycles. The zero-order valence-corrected chi connectivity index (χ0v) is 10.7. The Morgan fingerprint density at radius 3 is 3.11 bits per heavy atom. The van der Waals surface area contributed by atoms with Crippen LogP contribution in [0.25, 0.3) is 10.4 Å². The van der Waals surface area contributed by atoms with Crippen molar-refractivity contribution >= 4 is 23.2 Å². The molecule has 0 radical (unpaired) electrons. The Kier molecular flexibility index (Phi) is 3.91. The number of carbonyl (C=O) groups is 1. The Morgan fingerprint density at radius 1 is 1.63 bits per heavy atom. The molecule has 0 saturated carbocycles. The number of azide groups is 1. The fourth-order valence-corrected chi connectivity index (χ4v) is 2.28. The number of carbonyl (C=O) groups excluding carboxylic acids is 1. The predicted molar refractivity (Wildman–Crippen MR) is 70.6 cm³/mol. The van der Waals surface area contributed by atoms with Crippen molar-refractivity contribution in [2.24, 2.45) is 11.0 Å². The molecule has 1 fully saturated rings. The van der Waals surface area contributed by atoms with Crippen molar-refractivity contribution in [2.75, 3.05) is 18.0 Å². The molecule has 1 atom stereocenters. The highest BCUT2D eigenvalue weighted by Crippen LogP contribution is 2.30. The second kappa shape index (κ2) is 5.61. The monoisotopic (exact) mass is 275 g/mol. The zero-order chi connectivity index (χ0) is 13.8. The molecule has 1 aliphatic rings. The van der Waals surface area contributed by atoms with E-state index >= 15 is 0 Å². The molecule has 7 heteroatoms. The summed E-state index contributed by atoms with van der Waals surface area (Å²) in [5.74, 6) is -0.106. The minimum atomic E-state index is -0.0862. The summed E-state index contributed by atoms with van der Waals surface area (Å²) in [6.07, 6.45) is 0.316. The van der Waals surface area contributed by atoms with Gasteiger partial charge in [0.05, 0.1) is 11.3 Å². The Labute approximate surface area is 114 Å². The minimum absolute atomic E-state index is 0.0195. The summed E-state index contributed by atoms with van der Waals surface area (Å²) in [5.41, 5.74) is 9.22. The van der Waals surface area contributed by atoms with Crippen LogP contribution in [-0.4, -0.2) is 19.0 Å². The van der Waals surface area contributed by atoms with Crippen molar-refractivity contribution in [3.63, 3.8) is 0 Å². The number of anilines is 1. The summed E-state index contributed by atoms with van der Waals surface area (Å²) in [7, 11) is 0. The molecule has 1 aliphatic heterocycles. The first-order valence-corrected chi connectivity index (χ1v) is 6.04. The molecular weight excluding hydrogens is 266 g/mol. The lowest BCUT2D eigenvalue weighted by Crippen LogP contribution is -2.25. The fourth-order valence-electron chi connectivity index (χ4n) is 2.11. The first kappa shape index (κ1) is 13.2. The van der Waals surface area contributed by atoms with Crippen LogP contribution in [0.1, 0.15) is 12.0 Å². The third-order valence-electron chi connectivity index (χ3n) is 2.98. The number of benzene rings is 1. The number of hydrogen-bond acceptors (Lipinski definition) is 3. The summed E-state index contributed by atoms with van der Waals surface area (Å²) in [4.78, 5) is 16.2. The molecule has 1 aromatic carbocycles. The van der Waals surface area contributed by atoms with E-state index in [0.717, 1.165) is 0 Å². The number of hydrogen-bond donors (Lipinski definition) is 0. The molecule has 19 heavy (non-hydrogen) atoms. The second-order valence-electron chi connectivity index (χ2n) is 4.26. The van der Waals surface area contributed by atoms with Crippen LogP contribution in [0.15, 0.2) is 23.3 Å². The third-order valence-corrected chi connectivity index (χ3v) is 3.21. The highest BCUT2D eigenvalue weighted by Gasteiger charge is 2.31. The van der Waals surface area contributed by atoms with E-state index in [4.69, 9.17) is 22.4 Å². The van der Waals surface area contributed by atoms with Crippen LogP contribution in [0, 0.1) is 17.2 Å². The molecule has 1 aromatic rings. The lowest BCUT2D eigenvalue weighted by atomic mass is 10.1. The van der Waals surface area contributed by atoms with Gasteiger partial charge in [0.2, 0.25) is 5.91 Å². The quantitative estimate of drug-likeness (QED) is 0.482. The molecule has 0 N–H and O–H groups in total. The summed E-state index contributed by atoms with van der Waals surface area (Å²) < 4.78 is 0. The Hall–Kier alpha value is -2.22. The van der Waals surface area contributed by atoms with Crippen molar-refractivity contribution < 1.29 is 4.79 Å². The van der Waals surface area contributed by atoms with Gasteiger partial charge in [-0.3, -0.25) is 4.79 Å². The van der Waals surface area contributed by atoms with Gasteiger partial charge in [-0.2, -0.15) is 5.26 Å². The minimum Gasteiger partial charge on any atom is -0.311 e. The van der Waals surface area contributed by atoms with Gasteiger partial charge < -0.3 is 4.90 Å². The molecule has 6 nitrogen and oxygen atoms in total. The topological polar surface area (TPSA) is 92.9 Å². The van der Waals surface area contributed by atoms with Crippen LogP contribution in [0.3, 0.4) is 0 Å². The maximum Gasteiger partial charge on any atom is 0.227 e. The maximum absolute atomic E-state index is 12.0. The van der Waals surface area contributed by atoms with Gasteiger partial charge in [0.25, 0.3) is 0 Å². The van der Waals surface area contributed by atoms with E-state index in [9.17, 15) is 4.79 Å². The number of nitriles is 1. The van der Waals surface area contributed by atoms with E-state index in [1.54, 1.807) is 18.2 Å². The Bertz CT molecular complexity index is 603. The van der Waals surface area contributed by atoms with Crippen LogP contribution in [-0.2, 0) is 4.79 Å². The lowest BCUT2D eigenvalue weighted by Gasteiger charge is -2.18. The standard InChI is InChI=1S/C12H10ClN5O/c13-10-2-1-9(5-14)11(4-10)18-7-8(3-12(18)19)6-16-17-15/h1-2,4,8H,3,6-7H2. The highest BCUT2D eigenvalue weighted by molar-refractivity contribution is 6.31. The number of amides is 1. The van der Waals surface area contributed by atoms with Crippen LogP contribution in [0.5, 0.6) is 0 Å². The van der Waals surface area contributed by atoms with E-state index in [2.05, 4.69) is 10.0 Å². The van der Waals surface area contributed by atoms with Gasteiger partial charge in [-0.05, 0) is 29.6 Å². The van der Waals surface area contributed by atoms with Crippen molar-refractivity contribution in [1.29, 1.82) is 5.26 Å². The first-order valence-electron chi connectivity index (χ1n) is 5.66. The van der Waals surface area contributed by atoms with Crippen LogP contribution >= 0.6 is 11.6 Å². The van der Waals surface area contributed by atoms with Crippen molar-refractivity contribution in [3.05, 3.63) is 39.2 Å². The third kappa shape index (κ3) is 2.79. The van der Waals surface area contributed by atoms with Crippen LogP contribution in [0.4, 0.5) is 5.69 Å². The molecule has 96 valence electrons. The molecule has 1 amide bonds. The van der Waals surface area contributed by atoms with Gasteiger partial charge in [0.15, 0.2) is 0 Å². The van der Waals surface area contributed by atoms with E-state index in [1.165, 1.54) is 4.90 Å². The van der Waals surface area contributed by atoms with Gasteiger partial charge >= 0.3 is 0 Å². The number of nitrogens with zero attached hydrogens (tertiary/aromatic N) is 5. The van der Waals surface area contributed by atoms with Gasteiger partial charge in [-0.25, -0.2) is 0 Å². The number of halogens is 1. The van der Waals surface area contributed by atoms with Gasteiger partial charge in [-0.15, -0.1) is 0 Å². The lowest BCUT2D eigenvalue weighted by molar-refractivity contribution is -0.117. The number of rotatable bonds is 3. The van der Waals surface area contributed by atoms with E-state index < -0.39 is 0 Å². The van der Waals surface area contributed by atoms with Crippen molar-refractivity contribution in [3.8, 4) is 6.07 Å². The van der Waals surface area contributed by atoms with Crippen molar-refractivity contribution in [1.82, 2.24) is 0 Å². The molecule has 1 unspecified atom stereocenters. The van der Waals surface area contributed by atoms with E-state index in [0.29, 0.717) is 29.2 Å². The van der Waals surface area contributed by atoms with Gasteiger partial charge in [0.1, 0.15) is 6.07 Å². The van der Waals surface area contributed by atoms with E-state index in [1.807, 2.05) is 6.07 Å². The Morgan fingerprint density at radius 2 is 2.42 bits per heavy atom. The molecule has 1 saturated heterocycles. The van der Waals surface area contributed by atoms with Crippen LogP contribution < -0.4 is 4.90 Å². The average molecular weight is 276 g/mol. The zero-order valence-electron chi connectivity index (χ0n) is 9.95. The molecule has 0 bridgehead atoms. The van der Waals surface area contributed by atoms with Gasteiger partial charge in [-0.1, -0.05) is 16.7 Å². The molecule has 0 aromatic heterocycles. The normalized spacial score (nSPS) is 18.0. The first-order chi connectivity index (χ1) is 9.15. The smallest absolute Gasteiger partial charge is 0.227 e. The highest BCUT2D eigenvalue weighted by atomic mass is 35.5.